The molecule has 0 aliphatic heterocycles. The molecule has 0 bridgehead atoms. The van der Waals surface area contributed by atoms with Crippen LogP contribution in [0.4, 0.5) is 0 Å². The van der Waals surface area contributed by atoms with Crippen molar-refractivity contribution in [3.8, 4) is 0 Å². The van der Waals surface area contributed by atoms with Gasteiger partial charge in [-0.2, -0.15) is 0 Å². The third-order valence-electron chi connectivity index (χ3n) is 3.99. The summed E-state index contributed by atoms with van der Waals surface area (Å²) in [5, 5.41) is 8.52. The molecule has 0 spiro atoms. The van der Waals surface area contributed by atoms with E-state index < -0.39 is 5.97 Å². The van der Waals surface area contributed by atoms with E-state index in [9.17, 15) is 4.79 Å². The van der Waals surface area contributed by atoms with Gasteiger partial charge in [0, 0.05) is 6.42 Å². The van der Waals surface area contributed by atoms with Crippen LogP contribution in [0.15, 0.2) is 0 Å². The van der Waals surface area contributed by atoms with Crippen LogP contribution in [0.3, 0.4) is 0 Å². The maximum absolute atomic E-state index is 10.3. The van der Waals surface area contributed by atoms with Gasteiger partial charge >= 0.3 is 5.97 Å². The standard InChI is InChI=1S/C18H36O2.3H2O/c1-2-3-4-5-6-7-8-9-10-11-12-13-14-15-16-17-18(19)20;;;/h2-17H2,1H3,(H,19,20);3*1H2. The second kappa shape index (κ2) is 26.3. The van der Waals surface area contributed by atoms with Crippen LogP contribution in [0, 0.1) is 0 Å². The van der Waals surface area contributed by atoms with E-state index in [2.05, 4.69) is 6.92 Å². The van der Waals surface area contributed by atoms with Crippen molar-refractivity contribution in [3.63, 3.8) is 0 Å². The van der Waals surface area contributed by atoms with Gasteiger partial charge in [0.2, 0.25) is 0 Å². The van der Waals surface area contributed by atoms with Gasteiger partial charge < -0.3 is 21.5 Å². The molecule has 0 aliphatic rings. The lowest BCUT2D eigenvalue weighted by molar-refractivity contribution is -0.137. The van der Waals surface area contributed by atoms with Gasteiger partial charge in [-0.1, -0.05) is 96.8 Å². The van der Waals surface area contributed by atoms with Crippen molar-refractivity contribution in [2.45, 2.75) is 110 Å². The lowest BCUT2D eigenvalue weighted by Gasteiger charge is -2.03. The van der Waals surface area contributed by atoms with Crippen LogP contribution in [-0.4, -0.2) is 27.5 Å². The molecule has 0 radical (unpaired) electrons. The summed E-state index contributed by atoms with van der Waals surface area (Å²) in [7, 11) is 0. The van der Waals surface area contributed by atoms with Crippen LogP contribution >= 0.6 is 0 Å². The molecule has 7 N–H and O–H groups in total. The highest BCUT2D eigenvalue weighted by Gasteiger charge is 1.97. The highest BCUT2D eigenvalue weighted by Crippen LogP contribution is 2.13. The molecule has 0 saturated heterocycles. The topological polar surface area (TPSA) is 132 Å². The van der Waals surface area contributed by atoms with Gasteiger partial charge in [0.25, 0.3) is 0 Å². The van der Waals surface area contributed by atoms with Crippen molar-refractivity contribution >= 4 is 5.97 Å². The first kappa shape index (κ1) is 30.3. The monoisotopic (exact) mass is 338 g/mol. The van der Waals surface area contributed by atoms with Crippen LogP contribution in [0.2, 0.25) is 0 Å². The first-order valence-corrected chi connectivity index (χ1v) is 8.99. The summed E-state index contributed by atoms with van der Waals surface area (Å²) in [6, 6.07) is 0. The zero-order valence-electron chi connectivity index (χ0n) is 15.2. The van der Waals surface area contributed by atoms with Crippen molar-refractivity contribution in [2.75, 3.05) is 0 Å². The van der Waals surface area contributed by atoms with E-state index in [1.165, 1.54) is 83.5 Å². The van der Waals surface area contributed by atoms with Crippen LogP contribution in [-0.2, 0) is 4.79 Å². The molecule has 0 heterocycles. The van der Waals surface area contributed by atoms with E-state index in [4.69, 9.17) is 5.11 Å². The number of aliphatic carboxylic acids is 1. The van der Waals surface area contributed by atoms with E-state index >= 15 is 0 Å². The van der Waals surface area contributed by atoms with E-state index in [1.807, 2.05) is 0 Å². The van der Waals surface area contributed by atoms with Gasteiger partial charge in [-0.25, -0.2) is 0 Å². The van der Waals surface area contributed by atoms with Crippen LogP contribution in [0.5, 0.6) is 0 Å². The van der Waals surface area contributed by atoms with Crippen LogP contribution in [0.1, 0.15) is 110 Å². The van der Waals surface area contributed by atoms with E-state index in [0.717, 1.165) is 12.8 Å². The van der Waals surface area contributed by atoms with E-state index in [0.29, 0.717) is 6.42 Å². The summed E-state index contributed by atoms with van der Waals surface area (Å²) in [6.07, 6.45) is 20.2. The lowest BCUT2D eigenvalue weighted by Crippen LogP contribution is -1.93. The molecule has 0 aliphatic carbocycles. The summed E-state index contributed by atoms with van der Waals surface area (Å²) in [5.41, 5.74) is 0. The zero-order valence-corrected chi connectivity index (χ0v) is 15.2. The molecular weight excluding hydrogens is 296 g/mol. The number of rotatable bonds is 16. The second-order valence-electron chi connectivity index (χ2n) is 6.09. The van der Waals surface area contributed by atoms with Crippen molar-refractivity contribution in [3.05, 3.63) is 0 Å². The molecule has 5 heteroatoms. The largest absolute Gasteiger partial charge is 0.481 e. The highest BCUT2D eigenvalue weighted by atomic mass is 16.4. The van der Waals surface area contributed by atoms with Gasteiger partial charge in [-0.3, -0.25) is 4.79 Å². The zero-order chi connectivity index (χ0) is 14.9. The molecule has 144 valence electrons. The molecule has 23 heavy (non-hydrogen) atoms. The molecule has 0 aromatic heterocycles. The Morgan fingerprint density at radius 3 is 1.09 bits per heavy atom. The highest BCUT2D eigenvalue weighted by molar-refractivity contribution is 5.66. The molecule has 5 nitrogen and oxygen atoms in total. The Labute approximate surface area is 142 Å². The second-order valence-corrected chi connectivity index (χ2v) is 6.09. The number of hydrogen-bond acceptors (Lipinski definition) is 1. The molecule has 0 aromatic rings. The number of unbranched alkanes of at least 4 members (excludes halogenated alkanes) is 14. The van der Waals surface area contributed by atoms with Crippen molar-refractivity contribution < 1.29 is 26.3 Å². The fourth-order valence-corrected chi connectivity index (χ4v) is 2.65. The molecule has 0 rings (SSSR count). The quantitative estimate of drug-likeness (QED) is 0.428. The van der Waals surface area contributed by atoms with Crippen molar-refractivity contribution in [2.24, 2.45) is 0 Å². The van der Waals surface area contributed by atoms with Crippen molar-refractivity contribution in [1.82, 2.24) is 0 Å². The Morgan fingerprint density at radius 2 is 0.826 bits per heavy atom. The van der Waals surface area contributed by atoms with Gasteiger partial charge in [-0.05, 0) is 6.42 Å². The molecule has 0 fully saturated rings. The number of carboxylic acids is 1. The summed E-state index contributed by atoms with van der Waals surface area (Å²) in [6.45, 7) is 2.27. The van der Waals surface area contributed by atoms with E-state index in [1.54, 1.807) is 0 Å². The van der Waals surface area contributed by atoms with Crippen LogP contribution < -0.4 is 0 Å². The normalized spacial score (nSPS) is 9.43. The Hall–Kier alpha value is -0.650. The minimum atomic E-state index is -0.653. The predicted molar refractivity (Wildman–Crippen MR) is 98.0 cm³/mol. The predicted octanol–water partition coefficient (Wildman–Crippen LogP) is 3.86. The molecule has 0 saturated carbocycles. The fraction of sp³-hybridized carbons (Fsp3) is 0.944. The summed E-state index contributed by atoms with van der Waals surface area (Å²) in [5.74, 6) is -0.653. The average Bonchev–Trinajstić information content (AvgIpc) is 2.43. The van der Waals surface area contributed by atoms with Crippen molar-refractivity contribution in [1.29, 1.82) is 0 Å². The Balaban J connectivity index is -0.000000602. The SMILES string of the molecule is CCCCCCCCCCCCCCCCCC(=O)O.O.O.O. The Kier molecular flexibility index (Phi) is 34.5. The summed E-state index contributed by atoms with van der Waals surface area (Å²) in [4.78, 5) is 10.3. The van der Waals surface area contributed by atoms with Gasteiger partial charge in [0.1, 0.15) is 0 Å². The van der Waals surface area contributed by atoms with Crippen LogP contribution in [0.25, 0.3) is 0 Å². The Bertz CT molecular complexity index is 210. The smallest absolute Gasteiger partial charge is 0.303 e. The average molecular weight is 339 g/mol. The number of carbonyl (C=O) groups is 1. The minimum absolute atomic E-state index is 0. The third kappa shape index (κ3) is 29.9. The number of hydrogen-bond donors (Lipinski definition) is 1. The summed E-state index contributed by atoms with van der Waals surface area (Å²) >= 11 is 0. The molecule has 0 unspecified atom stereocenters. The van der Waals surface area contributed by atoms with E-state index in [-0.39, 0.29) is 16.4 Å². The fourth-order valence-electron chi connectivity index (χ4n) is 2.65. The first-order chi connectivity index (χ1) is 9.77. The van der Waals surface area contributed by atoms with Gasteiger partial charge in [-0.15, -0.1) is 0 Å². The Morgan fingerprint density at radius 1 is 0.565 bits per heavy atom. The third-order valence-corrected chi connectivity index (χ3v) is 3.99. The molecular formula is C18H42O5. The lowest BCUT2D eigenvalue weighted by atomic mass is 10.0. The summed E-state index contributed by atoms with van der Waals surface area (Å²) < 4.78 is 0. The molecule has 0 atom stereocenters. The van der Waals surface area contributed by atoms with Gasteiger partial charge in [0.05, 0.1) is 0 Å². The minimum Gasteiger partial charge on any atom is -0.481 e. The maximum atomic E-state index is 10.3. The number of carboxylic acid groups (broad SMARTS) is 1. The first-order valence-electron chi connectivity index (χ1n) is 8.99. The maximum Gasteiger partial charge on any atom is 0.303 e. The van der Waals surface area contributed by atoms with Gasteiger partial charge in [0.15, 0.2) is 0 Å². The molecule has 0 aromatic carbocycles. The molecule has 0 amide bonds.